The molecule has 0 aromatic heterocycles. The first-order chi connectivity index (χ1) is 14.6. The van der Waals surface area contributed by atoms with Crippen LogP contribution in [-0.4, -0.2) is 84.9 Å². The number of fused-ring (bicyclic) bond motifs is 1. The van der Waals surface area contributed by atoms with Crippen LogP contribution in [0.15, 0.2) is 24.3 Å². The number of nitrogens with zero attached hydrogens (tertiary/aromatic N) is 4. The van der Waals surface area contributed by atoms with Gasteiger partial charge in [-0.15, -0.1) is 0 Å². The Labute approximate surface area is 180 Å². The quantitative estimate of drug-likeness (QED) is 0.762. The second kappa shape index (κ2) is 9.92. The summed E-state index contributed by atoms with van der Waals surface area (Å²) in [5.41, 5.74) is 2.37. The van der Waals surface area contributed by atoms with E-state index in [9.17, 15) is 9.59 Å². The molecule has 30 heavy (non-hydrogen) atoms. The van der Waals surface area contributed by atoms with Gasteiger partial charge in [0.25, 0.3) is 0 Å². The lowest BCUT2D eigenvalue weighted by atomic mass is 10.0. The molecule has 2 saturated heterocycles. The molecule has 4 rings (SSSR count). The topological polar surface area (TPSA) is 47.1 Å². The lowest BCUT2D eigenvalue weighted by molar-refractivity contribution is -0.137. The lowest BCUT2D eigenvalue weighted by Crippen LogP contribution is -2.56. The van der Waals surface area contributed by atoms with E-state index in [4.69, 9.17) is 0 Å². The monoisotopic (exact) mass is 412 g/mol. The summed E-state index contributed by atoms with van der Waals surface area (Å²) in [5.74, 6) is 0.482. The standard InChI is InChI=1S/C24H36N4O2/c1-20(24(30)27-12-6-2-3-7-13-27)26-17-15-25(16-18-26)19-23(29)28-14-8-10-21-9-4-5-11-22(21)28/h4-5,9,11,20H,2-3,6-8,10,12-19H2,1H3. The van der Waals surface area contributed by atoms with Gasteiger partial charge in [0.05, 0.1) is 12.6 Å². The summed E-state index contributed by atoms with van der Waals surface area (Å²) in [6, 6.07) is 8.22. The van der Waals surface area contributed by atoms with E-state index in [1.165, 1.54) is 18.4 Å². The van der Waals surface area contributed by atoms with E-state index in [0.29, 0.717) is 6.54 Å². The first-order valence-corrected chi connectivity index (χ1v) is 11.8. The van der Waals surface area contributed by atoms with Crippen molar-refractivity contribution in [2.45, 2.75) is 51.5 Å². The van der Waals surface area contributed by atoms with Crippen LogP contribution in [0, 0.1) is 0 Å². The Bertz CT molecular complexity index is 736. The third kappa shape index (κ3) is 4.86. The van der Waals surface area contributed by atoms with Gasteiger partial charge >= 0.3 is 0 Å². The van der Waals surface area contributed by atoms with E-state index in [1.807, 2.05) is 11.0 Å². The fourth-order valence-corrected chi connectivity index (χ4v) is 5.09. The summed E-state index contributed by atoms with van der Waals surface area (Å²) < 4.78 is 0. The molecule has 6 heteroatoms. The molecule has 0 saturated carbocycles. The Morgan fingerprint density at radius 2 is 1.57 bits per heavy atom. The fraction of sp³-hybridized carbons (Fsp3) is 0.667. The summed E-state index contributed by atoms with van der Waals surface area (Å²) in [5, 5.41) is 0. The van der Waals surface area contributed by atoms with Crippen molar-refractivity contribution < 1.29 is 9.59 Å². The molecule has 0 aliphatic carbocycles. The average Bonchev–Trinajstić information content (AvgIpc) is 3.08. The zero-order valence-corrected chi connectivity index (χ0v) is 18.4. The molecular formula is C24H36N4O2. The number of amides is 2. The van der Waals surface area contributed by atoms with Gasteiger partial charge in [0.15, 0.2) is 0 Å². The average molecular weight is 413 g/mol. The van der Waals surface area contributed by atoms with E-state index in [-0.39, 0.29) is 17.9 Å². The smallest absolute Gasteiger partial charge is 0.241 e. The third-order valence-corrected chi connectivity index (χ3v) is 7.00. The molecule has 0 N–H and O–H groups in total. The number of aryl methyl sites for hydroxylation is 1. The van der Waals surface area contributed by atoms with Crippen molar-refractivity contribution in [2.24, 2.45) is 0 Å². The van der Waals surface area contributed by atoms with Gasteiger partial charge in [-0.2, -0.15) is 0 Å². The van der Waals surface area contributed by atoms with Gasteiger partial charge in [-0.05, 0) is 44.2 Å². The minimum absolute atomic E-state index is 0.0603. The molecule has 3 heterocycles. The van der Waals surface area contributed by atoms with Gasteiger partial charge in [-0.3, -0.25) is 19.4 Å². The summed E-state index contributed by atoms with van der Waals surface area (Å²) in [7, 11) is 0. The molecule has 1 atom stereocenters. The molecule has 2 amide bonds. The molecule has 164 valence electrons. The molecule has 1 aromatic carbocycles. The summed E-state index contributed by atoms with van der Waals surface area (Å²) in [4.78, 5) is 34.5. The predicted octanol–water partition coefficient (Wildman–Crippen LogP) is 2.37. The predicted molar refractivity (Wildman–Crippen MR) is 120 cm³/mol. The van der Waals surface area contributed by atoms with Gasteiger partial charge < -0.3 is 9.80 Å². The van der Waals surface area contributed by atoms with Crippen LogP contribution in [0.4, 0.5) is 5.69 Å². The summed E-state index contributed by atoms with van der Waals surface area (Å²) >= 11 is 0. The zero-order valence-electron chi connectivity index (χ0n) is 18.4. The normalized spacial score (nSPS) is 22.3. The summed E-state index contributed by atoms with van der Waals surface area (Å²) in [6.07, 6.45) is 6.84. The van der Waals surface area contributed by atoms with Gasteiger partial charge in [0.1, 0.15) is 0 Å². The number of rotatable bonds is 4. The van der Waals surface area contributed by atoms with E-state index >= 15 is 0 Å². The van der Waals surface area contributed by atoms with Crippen molar-refractivity contribution >= 4 is 17.5 Å². The lowest BCUT2D eigenvalue weighted by Gasteiger charge is -2.39. The van der Waals surface area contributed by atoms with Gasteiger partial charge in [-0.1, -0.05) is 31.0 Å². The van der Waals surface area contributed by atoms with Gasteiger partial charge in [-0.25, -0.2) is 0 Å². The van der Waals surface area contributed by atoms with Gasteiger partial charge in [0.2, 0.25) is 11.8 Å². The number of para-hydroxylation sites is 1. The number of benzene rings is 1. The molecule has 0 radical (unpaired) electrons. The van der Waals surface area contributed by atoms with Crippen LogP contribution in [0.1, 0.15) is 44.6 Å². The van der Waals surface area contributed by atoms with Gasteiger partial charge in [0, 0.05) is 51.5 Å². The maximum Gasteiger partial charge on any atom is 0.241 e. The van der Waals surface area contributed by atoms with Crippen LogP contribution in [-0.2, 0) is 16.0 Å². The summed E-state index contributed by atoms with van der Waals surface area (Å²) in [6.45, 7) is 8.56. The van der Waals surface area contributed by atoms with E-state index in [0.717, 1.165) is 77.2 Å². The fourth-order valence-electron chi connectivity index (χ4n) is 5.09. The second-order valence-electron chi connectivity index (χ2n) is 9.01. The molecule has 1 unspecified atom stereocenters. The van der Waals surface area contributed by atoms with Crippen LogP contribution in [0.3, 0.4) is 0 Å². The highest BCUT2D eigenvalue weighted by molar-refractivity contribution is 5.96. The molecule has 1 aromatic rings. The van der Waals surface area contributed by atoms with Crippen molar-refractivity contribution in [3.63, 3.8) is 0 Å². The van der Waals surface area contributed by atoms with Crippen LogP contribution in [0.25, 0.3) is 0 Å². The molecular weight excluding hydrogens is 376 g/mol. The van der Waals surface area contributed by atoms with Crippen molar-refractivity contribution in [2.75, 3.05) is 57.3 Å². The number of hydrogen-bond donors (Lipinski definition) is 0. The van der Waals surface area contributed by atoms with Crippen molar-refractivity contribution in [3.05, 3.63) is 29.8 Å². The van der Waals surface area contributed by atoms with Crippen LogP contribution in [0.5, 0.6) is 0 Å². The Hall–Kier alpha value is -1.92. The number of hydrogen-bond acceptors (Lipinski definition) is 4. The Morgan fingerprint density at radius 3 is 2.30 bits per heavy atom. The van der Waals surface area contributed by atoms with Crippen LogP contribution < -0.4 is 4.90 Å². The number of likely N-dealkylation sites (tertiary alicyclic amines) is 1. The minimum atomic E-state index is -0.0603. The largest absolute Gasteiger partial charge is 0.341 e. The molecule has 0 spiro atoms. The maximum atomic E-state index is 13.0. The van der Waals surface area contributed by atoms with Crippen molar-refractivity contribution in [1.29, 1.82) is 0 Å². The number of piperazine rings is 1. The number of carbonyl (C=O) groups excluding carboxylic acids is 2. The minimum Gasteiger partial charge on any atom is -0.341 e. The van der Waals surface area contributed by atoms with E-state index in [2.05, 4.69) is 39.8 Å². The molecule has 3 aliphatic rings. The van der Waals surface area contributed by atoms with Crippen molar-refractivity contribution in [1.82, 2.24) is 14.7 Å². The third-order valence-electron chi connectivity index (χ3n) is 7.00. The molecule has 6 nitrogen and oxygen atoms in total. The molecule has 3 aliphatic heterocycles. The Morgan fingerprint density at radius 1 is 0.867 bits per heavy atom. The Balaban J connectivity index is 1.27. The highest BCUT2D eigenvalue weighted by Crippen LogP contribution is 2.27. The Kier molecular flexibility index (Phi) is 7.05. The SMILES string of the molecule is CC(C(=O)N1CCCCCC1)N1CCN(CC(=O)N2CCCc3ccccc32)CC1. The molecule has 2 fully saturated rings. The molecule has 0 bridgehead atoms. The van der Waals surface area contributed by atoms with Crippen LogP contribution >= 0.6 is 0 Å². The second-order valence-corrected chi connectivity index (χ2v) is 9.01. The van der Waals surface area contributed by atoms with E-state index in [1.54, 1.807) is 0 Å². The van der Waals surface area contributed by atoms with Crippen LogP contribution in [0.2, 0.25) is 0 Å². The van der Waals surface area contributed by atoms with E-state index < -0.39 is 0 Å². The highest BCUT2D eigenvalue weighted by atomic mass is 16.2. The maximum absolute atomic E-state index is 13.0. The highest BCUT2D eigenvalue weighted by Gasteiger charge is 2.30. The first kappa shape index (κ1) is 21.3. The zero-order chi connectivity index (χ0) is 20.9. The van der Waals surface area contributed by atoms with Crippen molar-refractivity contribution in [3.8, 4) is 0 Å². The number of anilines is 1. The first-order valence-electron chi connectivity index (χ1n) is 11.8. The number of carbonyl (C=O) groups is 2.